The first-order chi connectivity index (χ1) is 7.14. The Labute approximate surface area is 92.4 Å². The van der Waals surface area contributed by atoms with Gasteiger partial charge in [-0.15, -0.1) is 0 Å². The van der Waals surface area contributed by atoms with Crippen molar-refractivity contribution in [3.63, 3.8) is 0 Å². The largest absolute Gasteiger partial charge is 0.465 e. The van der Waals surface area contributed by atoms with Gasteiger partial charge in [-0.1, -0.05) is 11.6 Å². The number of nitrogens with two attached hydrogens (primary N) is 1. The summed E-state index contributed by atoms with van der Waals surface area (Å²) in [5.74, 6) is -0.952. The molecule has 16 heavy (non-hydrogen) atoms. The minimum Gasteiger partial charge on any atom is -0.465 e. The molecular formula is C8H6ClF4NO2. The van der Waals surface area contributed by atoms with E-state index in [4.69, 9.17) is 21.5 Å². The topological polar surface area (TPSA) is 63.3 Å². The number of alkyl halides is 3. The summed E-state index contributed by atoms with van der Waals surface area (Å²) in [6, 6.07) is 2.11. The molecule has 0 heterocycles. The molecule has 0 fully saturated rings. The summed E-state index contributed by atoms with van der Waals surface area (Å²) in [4.78, 5) is 8.78. The first-order valence-corrected chi connectivity index (χ1v) is 4.03. The second-order valence-electron chi connectivity index (χ2n) is 2.46. The third kappa shape index (κ3) is 5.40. The van der Waals surface area contributed by atoms with Crippen LogP contribution < -0.4 is 5.73 Å². The molecule has 1 rings (SSSR count). The number of rotatable bonds is 0. The SMILES string of the molecule is Fc1ccc(Cl)c(C(F)(F)F)c1.NC(=O)O. The highest BCUT2D eigenvalue weighted by atomic mass is 35.5. The molecule has 0 atom stereocenters. The fourth-order valence-corrected chi connectivity index (χ4v) is 0.939. The average Bonchev–Trinajstić information content (AvgIpc) is 2.06. The maximum Gasteiger partial charge on any atom is 0.417 e. The molecule has 0 aliphatic carbocycles. The van der Waals surface area contributed by atoms with Crippen LogP contribution >= 0.6 is 11.6 Å². The molecule has 1 amide bonds. The van der Waals surface area contributed by atoms with E-state index in [9.17, 15) is 17.6 Å². The van der Waals surface area contributed by atoms with Crippen LogP contribution in [-0.4, -0.2) is 11.2 Å². The van der Waals surface area contributed by atoms with E-state index in [2.05, 4.69) is 5.73 Å². The van der Waals surface area contributed by atoms with Crippen molar-refractivity contribution in [2.75, 3.05) is 0 Å². The summed E-state index contributed by atoms with van der Waals surface area (Å²) in [5, 5.41) is 6.70. The van der Waals surface area contributed by atoms with Gasteiger partial charge in [-0.05, 0) is 18.2 Å². The van der Waals surface area contributed by atoms with Crippen LogP contribution in [-0.2, 0) is 6.18 Å². The summed E-state index contributed by atoms with van der Waals surface area (Å²) in [5.41, 5.74) is 2.88. The Morgan fingerprint density at radius 2 is 1.81 bits per heavy atom. The highest BCUT2D eigenvalue weighted by molar-refractivity contribution is 6.31. The van der Waals surface area contributed by atoms with Crippen LogP contribution in [0.25, 0.3) is 0 Å². The molecule has 90 valence electrons. The van der Waals surface area contributed by atoms with E-state index in [0.717, 1.165) is 12.1 Å². The fraction of sp³-hybridized carbons (Fsp3) is 0.125. The van der Waals surface area contributed by atoms with Gasteiger partial charge in [0.25, 0.3) is 0 Å². The highest BCUT2D eigenvalue weighted by Crippen LogP contribution is 2.34. The molecule has 0 aromatic heterocycles. The van der Waals surface area contributed by atoms with Gasteiger partial charge >= 0.3 is 12.3 Å². The Hall–Kier alpha value is -1.50. The van der Waals surface area contributed by atoms with Crippen molar-refractivity contribution < 1.29 is 27.5 Å². The molecule has 0 saturated carbocycles. The number of hydrogen-bond donors (Lipinski definition) is 2. The van der Waals surface area contributed by atoms with Crippen molar-refractivity contribution in [2.45, 2.75) is 6.18 Å². The maximum absolute atomic E-state index is 12.3. The monoisotopic (exact) mass is 259 g/mol. The number of benzene rings is 1. The van der Waals surface area contributed by atoms with Gasteiger partial charge in [0, 0.05) is 0 Å². The smallest absolute Gasteiger partial charge is 0.417 e. The predicted octanol–water partition coefficient (Wildman–Crippen LogP) is 3.12. The summed E-state index contributed by atoms with van der Waals surface area (Å²) in [6.45, 7) is 0. The van der Waals surface area contributed by atoms with Gasteiger partial charge < -0.3 is 10.8 Å². The Balaban J connectivity index is 0.000000487. The van der Waals surface area contributed by atoms with Crippen molar-refractivity contribution in [3.8, 4) is 0 Å². The Bertz CT molecular complexity index is 377. The lowest BCUT2D eigenvalue weighted by Crippen LogP contribution is -2.06. The van der Waals surface area contributed by atoms with Gasteiger partial charge in [-0.25, -0.2) is 9.18 Å². The van der Waals surface area contributed by atoms with E-state index < -0.39 is 28.7 Å². The molecule has 1 aromatic rings. The highest BCUT2D eigenvalue weighted by Gasteiger charge is 2.33. The standard InChI is InChI=1S/C7H3ClF4.CH3NO2/c8-6-2-1-4(9)3-5(6)7(10,11)12;2-1(3)4/h1-3H;2H2,(H,3,4). The molecule has 0 spiro atoms. The van der Waals surface area contributed by atoms with E-state index in [1.165, 1.54) is 0 Å². The van der Waals surface area contributed by atoms with Crippen molar-refractivity contribution in [2.24, 2.45) is 5.73 Å². The van der Waals surface area contributed by atoms with Gasteiger partial charge in [0.2, 0.25) is 0 Å². The number of carboxylic acid groups (broad SMARTS) is 1. The molecule has 3 N–H and O–H groups in total. The second kappa shape index (κ2) is 5.55. The summed E-state index contributed by atoms with van der Waals surface area (Å²) in [7, 11) is 0. The third-order valence-electron chi connectivity index (χ3n) is 1.23. The molecule has 0 aliphatic rings. The molecule has 8 heteroatoms. The van der Waals surface area contributed by atoms with Gasteiger partial charge in [0.15, 0.2) is 0 Å². The zero-order valence-corrected chi connectivity index (χ0v) is 8.31. The zero-order valence-electron chi connectivity index (χ0n) is 7.55. The summed E-state index contributed by atoms with van der Waals surface area (Å²) >= 11 is 5.19. The van der Waals surface area contributed by atoms with Crippen LogP contribution in [0.5, 0.6) is 0 Å². The molecule has 3 nitrogen and oxygen atoms in total. The number of hydrogen-bond acceptors (Lipinski definition) is 1. The number of carbonyl (C=O) groups is 1. The molecule has 0 unspecified atom stereocenters. The Morgan fingerprint density at radius 3 is 2.12 bits per heavy atom. The number of halogens is 5. The van der Waals surface area contributed by atoms with Gasteiger partial charge in [0.05, 0.1) is 10.6 Å². The second-order valence-corrected chi connectivity index (χ2v) is 2.87. The Kier molecular flexibility index (Phi) is 5.03. The van der Waals surface area contributed by atoms with Crippen molar-refractivity contribution in [1.29, 1.82) is 0 Å². The van der Waals surface area contributed by atoms with Crippen LogP contribution in [0.2, 0.25) is 5.02 Å². The number of amides is 1. The maximum atomic E-state index is 12.3. The van der Waals surface area contributed by atoms with E-state index in [1.807, 2.05) is 0 Å². The summed E-state index contributed by atoms with van der Waals surface area (Å²) in [6.07, 6.45) is -5.93. The van der Waals surface area contributed by atoms with Gasteiger partial charge in [-0.2, -0.15) is 13.2 Å². The van der Waals surface area contributed by atoms with E-state index in [0.29, 0.717) is 6.07 Å². The van der Waals surface area contributed by atoms with Crippen LogP contribution in [0.4, 0.5) is 22.4 Å². The minimum atomic E-state index is -4.60. The van der Waals surface area contributed by atoms with E-state index in [1.54, 1.807) is 0 Å². The molecule has 1 aromatic carbocycles. The molecular weight excluding hydrogens is 254 g/mol. The van der Waals surface area contributed by atoms with Gasteiger partial charge in [-0.3, -0.25) is 0 Å². The van der Waals surface area contributed by atoms with Crippen LogP contribution in [0.15, 0.2) is 18.2 Å². The van der Waals surface area contributed by atoms with Crippen molar-refractivity contribution in [3.05, 3.63) is 34.6 Å². The van der Waals surface area contributed by atoms with Gasteiger partial charge in [0.1, 0.15) is 5.82 Å². The molecule has 0 aliphatic heterocycles. The van der Waals surface area contributed by atoms with E-state index in [-0.39, 0.29) is 0 Å². The average molecular weight is 260 g/mol. The van der Waals surface area contributed by atoms with E-state index >= 15 is 0 Å². The minimum absolute atomic E-state index is 0.363. The molecule has 0 bridgehead atoms. The predicted molar refractivity (Wildman–Crippen MR) is 48.6 cm³/mol. The Morgan fingerprint density at radius 1 is 1.38 bits per heavy atom. The lowest BCUT2D eigenvalue weighted by Gasteiger charge is -2.07. The zero-order chi connectivity index (χ0) is 12.9. The molecule has 0 saturated heterocycles. The van der Waals surface area contributed by atoms with Crippen molar-refractivity contribution in [1.82, 2.24) is 0 Å². The normalized spacial score (nSPS) is 10.3. The number of primary amides is 1. The van der Waals surface area contributed by atoms with Crippen molar-refractivity contribution >= 4 is 17.7 Å². The van der Waals surface area contributed by atoms with Crippen LogP contribution in [0.3, 0.4) is 0 Å². The van der Waals surface area contributed by atoms with Crippen LogP contribution in [0.1, 0.15) is 5.56 Å². The first kappa shape index (κ1) is 14.5. The lowest BCUT2D eigenvalue weighted by atomic mass is 10.2. The third-order valence-corrected chi connectivity index (χ3v) is 1.56. The van der Waals surface area contributed by atoms with Crippen LogP contribution in [0, 0.1) is 5.82 Å². The molecule has 0 radical (unpaired) electrons. The quantitative estimate of drug-likeness (QED) is 0.703. The first-order valence-electron chi connectivity index (χ1n) is 3.65. The summed E-state index contributed by atoms with van der Waals surface area (Å²) < 4.78 is 48.3. The lowest BCUT2D eigenvalue weighted by molar-refractivity contribution is -0.137. The fourth-order valence-electron chi connectivity index (χ4n) is 0.715.